The van der Waals surface area contributed by atoms with E-state index in [-0.39, 0.29) is 30.4 Å². The number of β-lactam (4-membered cyclic amide) rings is 1. The summed E-state index contributed by atoms with van der Waals surface area (Å²) >= 11 is 36.7. The number of nitrogens with one attached hydrogen (secondary N) is 1. The molecule has 0 aromatic heterocycles. The van der Waals surface area contributed by atoms with Crippen molar-refractivity contribution >= 4 is 107 Å². The molecule has 1 saturated heterocycles. The molecular formula is C14H17Cl6N2O5PS. The molecule has 29 heavy (non-hydrogen) atoms. The summed E-state index contributed by atoms with van der Waals surface area (Å²) in [6, 6.07) is -0.694. The van der Waals surface area contributed by atoms with Gasteiger partial charge in [0.15, 0.2) is 0 Å². The molecule has 0 bridgehead atoms. The fourth-order valence-corrected chi connectivity index (χ4v) is 10.2. The summed E-state index contributed by atoms with van der Waals surface area (Å²) in [5.41, 5.74) is 0.163. The van der Waals surface area contributed by atoms with Crippen LogP contribution in [-0.2, 0) is 19.1 Å². The third-order valence-corrected chi connectivity index (χ3v) is 10.9. The second kappa shape index (κ2) is 10.1. The number of halogens is 6. The predicted molar refractivity (Wildman–Crippen MR) is 121 cm³/mol. The molecule has 2 aliphatic heterocycles. The monoisotopic (exact) mass is 566 g/mol. The van der Waals surface area contributed by atoms with Crippen LogP contribution in [0.5, 0.6) is 0 Å². The molecule has 1 fully saturated rings. The van der Waals surface area contributed by atoms with E-state index in [9.17, 15) is 19.5 Å². The van der Waals surface area contributed by atoms with Crippen molar-refractivity contribution in [2.45, 2.75) is 25.9 Å². The number of hydrogen-bond acceptors (Lipinski definition) is 6. The Morgan fingerprint density at radius 1 is 1.24 bits per heavy atom. The van der Waals surface area contributed by atoms with Gasteiger partial charge in [-0.25, -0.2) is 0 Å². The molecule has 1 amide bonds. The molecule has 0 radical (unpaired) electrons. The molecule has 0 aromatic carbocycles. The van der Waals surface area contributed by atoms with E-state index in [0.29, 0.717) is 5.57 Å². The summed E-state index contributed by atoms with van der Waals surface area (Å²) in [6.07, 6.45) is 0.206. The molecule has 0 aliphatic carbocycles. The van der Waals surface area contributed by atoms with E-state index < -0.39 is 44.9 Å². The Hall–Kier alpha value is 0.630. The number of hydrogen-bond donors (Lipinski definition) is 2. The first kappa shape index (κ1) is 25.9. The fourth-order valence-electron chi connectivity index (χ4n) is 3.01. The van der Waals surface area contributed by atoms with Gasteiger partial charge in [-0.05, 0) is 0 Å². The quantitative estimate of drug-likeness (QED) is 0.210. The Morgan fingerprint density at radius 2 is 1.79 bits per heavy atom. The summed E-state index contributed by atoms with van der Waals surface area (Å²) in [5.74, 6) is -1.99. The number of thioether (sulfide) groups is 1. The van der Waals surface area contributed by atoms with Crippen LogP contribution in [0.1, 0.15) is 6.92 Å². The molecule has 2 atom stereocenters. The van der Waals surface area contributed by atoms with Crippen LogP contribution in [0.25, 0.3) is 0 Å². The number of carboxylic acids is 1. The molecule has 2 N–H and O–H groups in total. The Bertz CT molecular complexity index is 712. The van der Waals surface area contributed by atoms with Gasteiger partial charge >= 0.3 is 203 Å². The average molecular weight is 569 g/mol. The zero-order chi connectivity index (χ0) is 22.1. The van der Waals surface area contributed by atoms with Crippen LogP contribution in [0.4, 0.5) is 0 Å². The first-order chi connectivity index (χ1) is 13.2. The van der Waals surface area contributed by atoms with Crippen molar-refractivity contribution in [1.29, 1.82) is 0 Å². The first-order valence-electron chi connectivity index (χ1n) is 8.12. The maximum atomic E-state index is 12.7. The SMILES string of the molecule is CC(=O)OCC1=C(C(=O)O)N2C(=O)[C@H](N[PH2](CC(Cl)(Cl)Cl)CC(Cl)(Cl)Cl)[C@H]2SC1. The molecule has 2 aliphatic rings. The van der Waals surface area contributed by atoms with E-state index >= 15 is 0 Å². The van der Waals surface area contributed by atoms with Gasteiger partial charge in [-0.1, -0.05) is 0 Å². The van der Waals surface area contributed by atoms with Crippen molar-refractivity contribution in [3.63, 3.8) is 0 Å². The number of carbonyl (C=O) groups excluding carboxylic acids is 2. The molecule has 15 heteroatoms. The Balaban J connectivity index is 2.18. The van der Waals surface area contributed by atoms with Crippen LogP contribution < -0.4 is 5.09 Å². The zero-order valence-electron chi connectivity index (χ0n) is 14.8. The Kier molecular flexibility index (Phi) is 8.97. The van der Waals surface area contributed by atoms with E-state index in [1.807, 2.05) is 0 Å². The minimum atomic E-state index is -2.24. The number of aliphatic carboxylic acids is 1. The van der Waals surface area contributed by atoms with E-state index in [4.69, 9.17) is 74.3 Å². The number of carbonyl (C=O) groups is 3. The first-order valence-corrected chi connectivity index (χ1v) is 13.6. The van der Waals surface area contributed by atoms with Crippen molar-refractivity contribution in [2.24, 2.45) is 0 Å². The molecule has 0 spiro atoms. The van der Waals surface area contributed by atoms with Crippen LogP contribution >= 0.6 is 89.4 Å². The van der Waals surface area contributed by atoms with Gasteiger partial charge in [0.2, 0.25) is 0 Å². The summed E-state index contributed by atoms with van der Waals surface area (Å²) in [7, 11) is -2.24. The number of fused-ring (bicyclic) bond motifs is 1. The molecule has 2 rings (SSSR count). The normalized spacial score (nSPS) is 22.8. The summed E-state index contributed by atoms with van der Waals surface area (Å²) in [6.45, 7) is 1.02. The standard InChI is InChI=1S/C14H17Cl6N2O5PS/c1-6(23)27-2-7-3-29-11-8(10(24)22(11)9(7)12(25)26)21-28(4-13(15,16)17)5-14(18,19)20/h8,11,21H,2-5,28H2,1H3,(H,25,26)/t8-,11+/m0/s1. The third-order valence-electron chi connectivity index (χ3n) is 4.07. The molecule has 7 nitrogen and oxygen atoms in total. The second-order valence-corrected chi connectivity index (χ2v) is 15.1. The predicted octanol–water partition coefficient (Wildman–Crippen LogP) is 3.36. The van der Waals surface area contributed by atoms with E-state index in [1.165, 1.54) is 23.6 Å². The molecule has 0 saturated carbocycles. The van der Waals surface area contributed by atoms with Crippen molar-refractivity contribution < 1.29 is 24.2 Å². The number of alkyl halides is 6. The average Bonchev–Trinajstić information content (AvgIpc) is 2.53. The summed E-state index contributed by atoms with van der Waals surface area (Å²) < 4.78 is 1.72. The van der Waals surface area contributed by atoms with Gasteiger partial charge in [-0.2, -0.15) is 0 Å². The summed E-state index contributed by atoms with van der Waals surface area (Å²) in [5, 5.41) is 12.3. The van der Waals surface area contributed by atoms with Gasteiger partial charge in [0.05, 0.1) is 0 Å². The fraction of sp³-hybridized carbons (Fsp3) is 0.643. The van der Waals surface area contributed by atoms with Crippen molar-refractivity contribution in [1.82, 2.24) is 9.99 Å². The van der Waals surface area contributed by atoms with E-state index in [2.05, 4.69) is 5.09 Å². The van der Waals surface area contributed by atoms with Crippen molar-refractivity contribution in [3.05, 3.63) is 11.3 Å². The molecule has 2 heterocycles. The number of ether oxygens (including phenoxy) is 1. The summed E-state index contributed by atoms with van der Waals surface area (Å²) in [4.78, 5) is 36.7. The van der Waals surface area contributed by atoms with Crippen LogP contribution in [0.2, 0.25) is 0 Å². The number of nitrogens with zero attached hydrogens (tertiary/aromatic N) is 1. The molecule has 0 unspecified atom stereocenters. The Morgan fingerprint density at radius 3 is 2.24 bits per heavy atom. The van der Waals surface area contributed by atoms with Gasteiger partial charge in [0.25, 0.3) is 0 Å². The molecular weight excluding hydrogens is 552 g/mol. The maximum absolute atomic E-state index is 12.7. The van der Waals surface area contributed by atoms with Crippen LogP contribution in [0.15, 0.2) is 11.3 Å². The zero-order valence-corrected chi connectivity index (χ0v) is 21.3. The van der Waals surface area contributed by atoms with Crippen LogP contribution in [-0.4, -0.2) is 71.5 Å². The molecule has 166 valence electrons. The Labute approximate surface area is 202 Å². The van der Waals surface area contributed by atoms with Gasteiger partial charge in [-0.3, -0.25) is 0 Å². The van der Waals surface area contributed by atoms with Gasteiger partial charge in [0, 0.05) is 0 Å². The van der Waals surface area contributed by atoms with Crippen LogP contribution in [0, 0.1) is 0 Å². The van der Waals surface area contributed by atoms with Gasteiger partial charge in [0.1, 0.15) is 0 Å². The number of carboxylic acid groups (broad SMARTS) is 1. The van der Waals surface area contributed by atoms with Gasteiger partial charge < -0.3 is 0 Å². The third kappa shape index (κ3) is 7.33. The van der Waals surface area contributed by atoms with Crippen LogP contribution in [0.3, 0.4) is 0 Å². The molecule has 0 aromatic rings. The topological polar surface area (TPSA) is 95.9 Å². The number of amides is 1. The van der Waals surface area contributed by atoms with Crippen molar-refractivity contribution in [2.75, 3.05) is 24.7 Å². The second-order valence-electron chi connectivity index (χ2n) is 6.43. The van der Waals surface area contributed by atoms with E-state index in [0.717, 1.165) is 0 Å². The van der Waals surface area contributed by atoms with E-state index in [1.54, 1.807) is 0 Å². The minimum absolute atomic E-state index is 0.103. The van der Waals surface area contributed by atoms with Crippen molar-refractivity contribution in [3.8, 4) is 0 Å². The number of esters is 1. The number of rotatable bonds is 7. The van der Waals surface area contributed by atoms with Gasteiger partial charge in [-0.15, -0.1) is 0 Å².